The normalized spacial score (nSPS) is 16.2. The number of aromatic nitrogens is 3. The Kier molecular flexibility index (Phi) is 4.58. The van der Waals surface area contributed by atoms with Crippen LogP contribution in [0.4, 0.5) is 0 Å². The molecule has 0 bridgehead atoms. The predicted octanol–water partition coefficient (Wildman–Crippen LogP) is 2.38. The van der Waals surface area contributed by atoms with Crippen LogP contribution in [0.2, 0.25) is 0 Å². The molecule has 0 spiro atoms. The second kappa shape index (κ2) is 6.65. The van der Waals surface area contributed by atoms with Crippen LogP contribution in [0.25, 0.3) is 11.4 Å². The Morgan fingerprint density at radius 3 is 2.75 bits per heavy atom. The van der Waals surface area contributed by atoms with Crippen LogP contribution in [0, 0.1) is 17.2 Å². The first-order chi connectivity index (χ1) is 11.5. The summed E-state index contributed by atoms with van der Waals surface area (Å²) in [6.07, 6.45) is 2.00. The lowest BCUT2D eigenvalue weighted by Crippen LogP contribution is -2.47. The van der Waals surface area contributed by atoms with Gasteiger partial charge in [0.2, 0.25) is 5.91 Å². The van der Waals surface area contributed by atoms with Crippen LogP contribution in [0.1, 0.15) is 19.8 Å². The Balaban J connectivity index is 1.62. The first-order valence-corrected chi connectivity index (χ1v) is 8.82. The molecular formula is C17H19N5OS. The average Bonchev–Trinajstić information content (AvgIpc) is 3.38. The zero-order valence-electron chi connectivity index (χ0n) is 13.7. The molecule has 2 aromatic rings. The summed E-state index contributed by atoms with van der Waals surface area (Å²) < 4.78 is 1.87. The van der Waals surface area contributed by atoms with E-state index < -0.39 is 5.54 Å². The van der Waals surface area contributed by atoms with E-state index in [2.05, 4.69) is 21.6 Å². The highest BCUT2D eigenvalue weighted by atomic mass is 32.2. The molecule has 0 radical (unpaired) electrons. The van der Waals surface area contributed by atoms with Crippen molar-refractivity contribution >= 4 is 17.7 Å². The van der Waals surface area contributed by atoms with Crippen LogP contribution in [0.15, 0.2) is 35.5 Å². The largest absolute Gasteiger partial charge is 0.337 e. The number of nitrogens with one attached hydrogen (secondary N) is 1. The molecule has 1 amide bonds. The molecular weight excluding hydrogens is 322 g/mol. The summed E-state index contributed by atoms with van der Waals surface area (Å²) in [4.78, 5) is 12.2. The fourth-order valence-corrected chi connectivity index (χ4v) is 3.33. The Morgan fingerprint density at radius 1 is 1.42 bits per heavy atom. The van der Waals surface area contributed by atoms with Gasteiger partial charge in [-0.15, -0.1) is 10.2 Å². The SMILES string of the molecule is Cn1c(SCC(=O)NC(C)(C#N)C2CC2)nnc1-c1ccccc1. The van der Waals surface area contributed by atoms with Crippen molar-refractivity contribution in [2.45, 2.75) is 30.5 Å². The Labute approximate surface area is 145 Å². The summed E-state index contributed by atoms with van der Waals surface area (Å²) in [5, 5.41) is 21.2. The van der Waals surface area contributed by atoms with E-state index in [9.17, 15) is 10.1 Å². The molecule has 124 valence electrons. The molecule has 24 heavy (non-hydrogen) atoms. The zero-order valence-corrected chi connectivity index (χ0v) is 14.5. The van der Waals surface area contributed by atoms with Gasteiger partial charge in [0, 0.05) is 12.6 Å². The molecule has 1 aromatic heterocycles. The summed E-state index contributed by atoms with van der Waals surface area (Å²) in [6.45, 7) is 1.79. The van der Waals surface area contributed by atoms with Crippen molar-refractivity contribution < 1.29 is 4.79 Å². The van der Waals surface area contributed by atoms with Crippen LogP contribution in [0.5, 0.6) is 0 Å². The van der Waals surface area contributed by atoms with E-state index >= 15 is 0 Å². The van der Waals surface area contributed by atoms with Crippen LogP contribution < -0.4 is 5.32 Å². The quantitative estimate of drug-likeness (QED) is 0.816. The summed E-state index contributed by atoms with van der Waals surface area (Å²) in [7, 11) is 1.88. The van der Waals surface area contributed by atoms with Crippen molar-refractivity contribution in [3.8, 4) is 17.5 Å². The zero-order chi connectivity index (χ0) is 17.2. The highest BCUT2D eigenvalue weighted by molar-refractivity contribution is 7.99. The molecule has 1 heterocycles. The maximum atomic E-state index is 12.2. The highest BCUT2D eigenvalue weighted by Crippen LogP contribution is 2.39. The lowest BCUT2D eigenvalue weighted by molar-refractivity contribution is -0.119. The van der Waals surface area contributed by atoms with Gasteiger partial charge in [0.1, 0.15) is 5.54 Å². The average molecular weight is 341 g/mol. The third kappa shape index (κ3) is 3.44. The third-order valence-electron chi connectivity index (χ3n) is 4.22. The molecule has 0 aliphatic heterocycles. The van der Waals surface area contributed by atoms with E-state index in [4.69, 9.17) is 0 Å². The number of hydrogen-bond acceptors (Lipinski definition) is 5. The van der Waals surface area contributed by atoms with E-state index in [1.165, 1.54) is 11.8 Å². The summed E-state index contributed by atoms with van der Waals surface area (Å²) in [5.74, 6) is 1.10. The van der Waals surface area contributed by atoms with E-state index in [0.29, 0.717) is 5.16 Å². The number of rotatable bonds is 6. The van der Waals surface area contributed by atoms with Crippen molar-refractivity contribution in [1.29, 1.82) is 5.26 Å². The van der Waals surface area contributed by atoms with Crippen LogP contribution in [0.3, 0.4) is 0 Å². The summed E-state index contributed by atoms with van der Waals surface area (Å²) >= 11 is 1.32. The molecule has 1 aromatic carbocycles. The van der Waals surface area contributed by atoms with E-state index in [-0.39, 0.29) is 17.6 Å². The summed E-state index contributed by atoms with van der Waals surface area (Å²) in [6, 6.07) is 12.0. The maximum absolute atomic E-state index is 12.2. The lowest BCUT2D eigenvalue weighted by atomic mass is 9.98. The van der Waals surface area contributed by atoms with Gasteiger partial charge in [-0.05, 0) is 25.7 Å². The lowest BCUT2D eigenvalue weighted by Gasteiger charge is -2.22. The number of benzene rings is 1. The van der Waals surface area contributed by atoms with Crippen molar-refractivity contribution in [1.82, 2.24) is 20.1 Å². The molecule has 1 aliphatic carbocycles. The van der Waals surface area contributed by atoms with Crippen LogP contribution in [-0.4, -0.2) is 32.0 Å². The minimum atomic E-state index is -0.757. The molecule has 1 unspecified atom stereocenters. The van der Waals surface area contributed by atoms with Gasteiger partial charge in [0.15, 0.2) is 11.0 Å². The minimum absolute atomic E-state index is 0.153. The first kappa shape index (κ1) is 16.5. The van der Waals surface area contributed by atoms with Gasteiger partial charge < -0.3 is 9.88 Å². The standard InChI is InChI=1S/C17H19N5OS/c1-17(11-18,13-8-9-13)19-14(23)10-24-16-21-20-15(22(16)2)12-6-4-3-5-7-12/h3-7,13H,8-10H2,1-2H3,(H,19,23). The molecule has 1 saturated carbocycles. The number of nitrogens with zero attached hydrogens (tertiary/aromatic N) is 4. The van der Waals surface area contributed by atoms with Gasteiger partial charge >= 0.3 is 0 Å². The van der Waals surface area contributed by atoms with Gasteiger partial charge in [-0.2, -0.15) is 5.26 Å². The number of carbonyl (C=O) groups is 1. The van der Waals surface area contributed by atoms with Gasteiger partial charge in [0.05, 0.1) is 11.8 Å². The van der Waals surface area contributed by atoms with E-state index in [1.54, 1.807) is 6.92 Å². The van der Waals surface area contributed by atoms with Crippen molar-refractivity contribution in [2.75, 3.05) is 5.75 Å². The number of hydrogen-bond donors (Lipinski definition) is 1. The topological polar surface area (TPSA) is 83.6 Å². The molecule has 3 rings (SSSR count). The Hall–Kier alpha value is -2.33. The first-order valence-electron chi connectivity index (χ1n) is 7.83. The smallest absolute Gasteiger partial charge is 0.231 e. The molecule has 1 aliphatic rings. The van der Waals surface area contributed by atoms with Gasteiger partial charge in [-0.1, -0.05) is 42.1 Å². The Bertz CT molecular complexity index is 778. The molecule has 1 fully saturated rings. The third-order valence-corrected chi connectivity index (χ3v) is 5.24. The molecule has 1 N–H and O–H groups in total. The van der Waals surface area contributed by atoms with Gasteiger partial charge in [-0.3, -0.25) is 4.79 Å². The monoisotopic (exact) mass is 341 g/mol. The van der Waals surface area contributed by atoms with Crippen molar-refractivity contribution in [3.63, 3.8) is 0 Å². The second-order valence-electron chi connectivity index (χ2n) is 6.16. The second-order valence-corrected chi connectivity index (χ2v) is 7.10. The minimum Gasteiger partial charge on any atom is -0.337 e. The van der Waals surface area contributed by atoms with E-state index in [0.717, 1.165) is 24.2 Å². The van der Waals surface area contributed by atoms with Gasteiger partial charge in [-0.25, -0.2) is 0 Å². The predicted molar refractivity (Wildman–Crippen MR) is 92.0 cm³/mol. The molecule has 0 saturated heterocycles. The Morgan fingerprint density at radius 2 is 2.12 bits per heavy atom. The number of amides is 1. The van der Waals surface area contributed by atoms with Crippen LogP contribution in [-0.2, 0) is 11.8 Å². The molecule has 6 nitrogen and oxygen atoms in total. The van der Waals surface area contributed by atoms with Crippen molar-refractivity contribution in [2.24, 2.45) is 13.0 Å². The molecule has 7 heteroatoms. The molecule has 1 atom stereocenters. The summed E-state index contributed by atoms with van der Waals surface area (Å²) in [5.41, 5.74) is 0.224. The number of carbonyl (C=O) groups excluding carboxylic acids is 1. The van der Waals surface area contributed by atoms with Crippen LogP contribution >= 0.6 is 11.8 Å². The maximum Gasteiger partial charge on any atom is 0.231 e. The number of nitriles is 1. The van der Waals surface area contributed by atoms with E-state index in [1.807, 2.05) is 41.9 Å². The number of thioether (sulfide) groups is 1. The fraction of sp³-hybridized carbons (Fsp3) is 0.412. The fourth-order valence-electron chi connectivity index (χ4n) is 2.62. The van der Waals surface area contributed by atoms with Crippen molar-refractivity contribution in [3.05, 3.63) is 30.3 Å². The van der Waals surface area contributed by atoms with Gasteiger partial charge in [0.25, 0.3) is 0 Å². The highest BCUT2D eigenvalue weighted by Gasteiger charge is 2.42.